The second-order valence-electron chi connectivity index (χ2n) is 2.42. The van der Waals surface area contributed by atoms with Crippen molar-refractivity contribution in [1.29, 1.82) is 0 Å². The monoisotopic (exact) mass is 191 g/mol. The van der Waals surface area contributed by atoms with Crippen LogP contribution in [0, 0.1) is 6.42 Å². The summed E-state index contributed by atoms with van der Waals surface area (Å²) in [4.78, 5) is 0. The van der Waals surface area contributed by atoms with E-state index in [1.54, 1.807) is 14.2 Å². The van der Waals surface area contributed by atoms with E-state index in [2.05, 4.69) is 0 Å². The van der Waals surface area contributed by atoms with Crippen molar-refractivity contribution >= 4 is 0 Å². The number of rotatable bonds is 10. The van der Waals surface area contributed by atoms with E-state index in [0.29, 0.717) is 39.6 Å². The van der Waals surface area contributed by atoms with Crippen LogP contribution in [0.2, 0.25) is 0 Å². The van der Waals surface area contributed by atoms with Crippen LogP contribution in [0.1, 0.15) is 0 Å². The van der Waals surface area contributed by atoms with Gasteiger partial charge >= 0.3 is 0 Å². The standard InChI is InChI=1S/C9H19O4/c1-10-6-8-12-4-3-5-13-9-7-11-2/h3H,4-9H2,1-2H3. The van der Waals surface area contributed by atoms with E-state index in [-0.39, 0.29) is 0 Å². The van der Waals surface area contributed by atoms with E-state index in [9.17, 15) is 0 Å². The third-order valence-corrected chi connectivity index (χ3v) is 1.33. The fourth-order valence-corrected chi connectivity index (χ4v) is 0.666. The molecule has 0 N–H and O–H groups in total. The summed E-state index contributed by atoms with van der Waals surface area (Å²) in [6, 6.07) is 0. The van der Waals surface area contributed by atoms with Gasteiger partial charge in [0.15, 0.2) is 0 Å². The summed E-state index contributed by atoms with van der Waals surface area (Å²) in [5.41, 5.74) is 0. The number of methoxy groups -OCH3 is 2. The Hall–Kier alpha value is -0.160. The summed E-state index contributed by atoms with van der Waals surface area (Å²) in [7, 11) is 3.31. The lowest BCUT2D eigenvalue weighted by molar-refractivity contribution is 0.0586. The molecule has 0 saturated carbocycles. The molecule has 0 aliphatic carbocycles. The summed E-state index contributed by atoms with van der Waals surface area (Å²) in [6.07, 6.45) is 1.94. The fourth-order valence-electron chi connectivity index (χ4n) is 0.666. The van der Waals surface area contributed by atoms with Gasteiger partial charge in [-0.3, -0.25) is 0 Å². The molecular formula is C9H19O4. The van der Waals surface area contributed by atoms with Crippen molar-refractivity contribution in [1.82, 2.24) is 0 Å². The van der Waals surface area contributed by atoms with E-state index >= 15 is 0 Å². The van der Waals surface area contributed by atoms with Gasteiger partial charge in [0.2, 0.25) is 0 Å². The fraction of sp³-hybridized carbons (Fsp3) is 0.889. The lowest BCUT2D eigenvalue weighted by Crippen LogP contribution is -2.08. The number of hydrogen-bond donors (Lipinski definition) is 0. The summed E-state index contributed by atoms with van der Waals surface area (Å²) < 4.78 is 20.0. The third kappa shape index (κ3) is 11.8. The lowest BCUT2D eigenvalue weighted by atomic mass is 10.5. The largest absolute Gasteiger partial charge is 0.382 e. The third-order valence-electron chi connectivity index (χ3n) is 1.33. The highest BCUT2D eigenvalue weighted by atomic mass is 16.5. The lowest BCUT2D eigenvalue weighted by Gasteiger charge is -2.04. The van der Waals surface area contributed by atoms with Crippen molar-refractivity contribution in [3.63, 3.8) is 0 Å². The Bertz CT molecular complexity index is 77.7. The molecule has 0 aromatic heterocycles. The normalized spacial score (nSPS) is 10.6. The number of ether oxygens (including phenoxy) is 4. The first-order valence-electron chi connectivity index (χ1n) is 4.37. The van der Waals surface area contributed by atoms with E-state index in [1.807, 2.05) is 6.42 Å². The zero-order valence-corrected chi connectivity index (χ0v) is 8.45. The Morgan fingerprint density at radius 3 is 1.62 bits per heavy atom. The van der Waals surface area contributed by atoms with Crippen LogP contribution in [0.25, 0.3) is 0 Å². The van der Waals surface area contributed by atoms with Crippen LogP contribution < -0.4 is 0 Å². The highest BCUT2D eigenvalue weighted by molar-refractivity contribution is 4.60. The van der Waals surface area contributed by atoms with Crippen LogP contribution in [0.15, 0.2) is 0 Å². The van der Waals surface area contributed by atoms with Gasteiger partial charge in [0.25, 0.3) is 0 Å². The molecule has 0 heterocycles. The van der Waals surface area contributed by atoms with Crippen molar-refractivity contribution in [2.45, 2.75) is 0 Å². The molecule has 0 aliphatic rings. The molecule has 1 radical (unpaired) electrons. The highest BCUT2D eigenvalue weighted by Crippen LogP contribution is 1.84. The quantitative estimate of drug-likeness (QED) is 0.472. The average Bonchev–Trinajstić information content (AvgIpc) is 2.16. The first-order valence-corrected chi connectivity index (χ1v) is 4.37. The maximum Gasteiger partial charge on any atom is 0.0700 e. The molecule has 0 fully saturated rings. The van der Waals surface area contributed by atoms with Crippen LogP contribution in [-0.4, -0.2) is 53.9 Å². The van der Waals surface area contributed by atoms with Crippen molar-refractivity contribution in [3.8, 4) is 0 Å². The minimum absolute atomic E-state index is 0.607. The van der Waals surface area contributed by atoms with Gasteiger partial charge in [-0.25, -0.2) is 0 Å². The molecular weight excluding hydrogens is 172 g/mol. The van der Waals surface area contributed by atoms with Gasteiger partial charge in [-0.05, 0) is 0 Å². The molecule has 0 rings (SSSR count). The molecule has 0 aromatic rings. The summed E-state index contributed by atoms with van der Waals surface area (Å²) in [5.74, 6) is 0. The summed E-state index contributed by atoms with van der Waals surface area (Å²) >= 11 is 0. The molecule has 0 atom stereocenters. The molecule has 4 nitrogen and oxygen atoms in total. The molecule has 0 unspecified atom stereocenters. The molecule has 0 spiro atoms. The molecule has 13 heavy (non-hydrogen) atoms. The van der Waals surface area contributed by atoms with Crippen molar-refractivity contribution < 1.29 is 18.9 Å². The van der Waals surface area contributed by atoms with Gasteiger partial charge in [-0.15, -0.1) is 0 Å². The van der Waals surface area contributed by atoms with Gasteiger partial charge in [-0.2, -0.15) is 0 Å². The van der Waals surface area contributed by atoms with Crippen LogP contribution >= 0.6 is 0 Å². The van der Waals surface area contributed by atoms with Crippen molar-refractivity contribution in [2.24, 2.45) is 0 Å². The minimum atomic E-state index is 0.607. The Morgan fingerprint density at radius 1 is 0.769 bits per heavy atom. The topological polar surface area (TPSA) is 36.9 Å². The molecule has 0 saturated heterocycles. The Kier molecular flexibility index (Phi) is 11.7. The van der Waals surface area contributed by atoms with Crippen LogP contribution in [-0.2, 0) is 18.9 Å². The Morgan fingerprint density at radius 2 is 1.23 bits per heavy atom. The van der Waals surface area contributed by atoms with Crippen LogP contribution in [0.3, 0.4) is 0 Å². The highest BCUT2D eigenvalue weighted by Gasteiger charge is 1.90. The SMILES string of the molecule is COCCOC[CH]COCCOC. The van der Waals surface area contributed by atoms with Gasteiger partial charge in [-0.1, -0.05) is 0 Å². The molecule has 0 aromatic carbocycles. The predicted molar refractivity (Wildman–Crippen MR) is 49.7 cm³/mol. The van der Waals surface area contributed by atoms with E-state index in [4.69, 9.17) is 18.9 Å². The van der Waals surface area contributed by atoms with Crippen LogP contribution in [0.4, 0.5) is 0 Å². The second kappa shape index (κ2) is 11.8. The zero-order chi connectivity index (χ0) is 9.78. The smallest absolute Gasteiger partial charge is 0.0700 e. The maximum atomic E-state index is 5.19. The minimum Gasteiger partial charge on any atom is -0.382 e. The van der Waals surface area contributed by atoms with Gasteiger partial charge in [0, 0.05) is 20.6 Å². The van der Waals surface area contributed by atoms with Crippen molar-refractivity contribution in [2.75, 3.05) is 53.9 Å². The Labute approximate surface area is 80.1 Å². The van der Waals surface area contributed by atoms with Gasteiger partial charge < -0.3 is 18.9 Å². The van der Waals surface area contributed by atoms with Crippen LogP contribution in [0.5, 0.6) is 0 Å². The predicted octanol–water partition coefficient (Wildman–Crippen LogP) is 0.517. The first kappa shape index (κ1) is 12.8. The molecule has 0 aliphatic heterocycles. The van der Waals surface area contributed by atoms with E-state index in [0.717, 1.165) is 0 Å². The first-order chi connectivity index (χ1) is 6.41. The van der Waals surface area contributed by atoms with E-state index < -0.39 is 0 Å². The number of hydrogen-bond acceptors (Lipinski definition) is 4. The Balaban J connectivity index is 2.76. The molecule has 0 bridgehead atoms. The van der Waals surface area contributed by atoms with Crippen molar-refractivity contribution in [3.05, 3.63) is 6.42 Å². The van der Waals surface area contributed by atoms with Gasteiger partial charge in [0.1, 0.15) is 0 Å². The average molecular weight is 191 g/mol. The summed E-state index contributed by atoms with van der Waals surface area (Å²) in [5, 5.41) is 0. The molecule has 79 valence electrons. The second-order valence-corrected chi connectivity index (χ2v) is 2.42. The maximum absolute atomic E-state index is 5.19. The summed E-state index contributed by atoms with van der Waals surface area (Å²) in [6.45, 7) is 3.75. The molecule has 4 heteroatoms. The molecule has 0 amide bonds. The zero-order valence-electron chi connectivity index (χ0n) is 8.45. The van der Waals surface area contributed by atoms with Gasteiger partial charge in [0.05, 0.1) is 39.6 Å². The van der Waals surface area contributed by atoms with E-state index in [1.165, 1.54) is 0 Å².